The lowest BCUT2D eigenvalue weighted by Crippen LogP contribution is -2.34. The fourth-order valence-electron chi connectivity index (χ4n) is 8.35. The van der Waals surface area contributed by atoms with Crippen molar-refractivity contribution in [2.24, 2.45) is 0 Å². The Bertz CT molecular complexity index is 2900. The molecule has 2 aromatic heterocycles. The molecule has 0 aliphatic rings. The lowest BCUT2D eigenvalue weighted by molar-refractivity contribution is -0.151. The van der Waals surface area contributed by atoms with E-state index in [4.69, 9.17) is 18.9 Å². The first-order valence-electron chi connectivity index (χ1n) is 21.1. The van der Waals surface area contributed by atoms with Gasteiger partial charge in [-0.25, -0.2) is 9.59 Å². The van der Waals surface area contributed by atoms with E-state index in [1.807, 2.05) is 148 Å². The van der Waals surface area contributed by atoms with Crippen molar-refractivity contribution in [2.75, 3.05) is 59.5 Å². The van der Waals surface area contributed by atoms with Crippen LogP contribution in [-0.2, 0) is 16.1 Å². The highest BCUT2D eigenvalue weighted by molar-refractivity contribution is 6.11. The minimum absolute atomic E-state index is 0.350. The third-order valence-corrected chi connectivity index (χ3v) is 11.2. The highest BCUT2D eigenvalue weighted by Crippen LogP contribution is 2.42. The zero-order chi connectivity index (χ0) is 44.0. The van der Waals surface area contributed by atoms with Crippen LogP contribution in [0, 0.1) is 0 Å². The van der Waals surface area contributed by atoms with Gasteiger partial charge in [-0.05, 0) is 68.7 Å². The highest BCUT2D eigenvalue weighted by atomic mass is 16.5. The molecule has 0 aliphatic heterocycles. The fourth-order valence-corrected chi connectivity index (χ4v) is 8.35. The van der Waals surface area contributed by atoms with Crippen LogP contribution in [0.3, 0.4) is 0 Å². The Kier molecular flexibility index (Phi) is 12.7. The molecule has 8 aromatic rings. The van der Waals surface area contributed by atoms with Gasteiger partial charge in [-0.15, -0.1) is 0 Å². The number of carboxylic acid groups (broad SMARTS) is 2. The van der Waals surface area contributed by atoms with E-state index in [1.54, 1.807) is 21.3 Å². The Labute approximate surface area is 366 Å². The van der Waals surface area contributed by atoms with Gasteiger partial charge in [-0.3, -0.25) is 0 Å². The summed E-state index contributed by atoms with van der Waals surface area (Å²) in [5.74, 6) is 0.0712. The number of aliphatic carboxylic acids is 2. The van der Waals surface area contributed by atoms with Crippen LogP contribution < -0.4 is 23.8 Å². The van der Waals surface area contributed by atoms with Gasteiger partial charge in [0.1, 0.15) is 23.0 Å². The third kappa shape index (κ3) is 9.08. The molecule has 0 saturated heterocycles. The maximum absolute atomic E-state index is 13.8. The molecule has 324 valence electrons. The Morgan fingerprint density at radius 3 is 1.48 bits per heavy atom. The zero-order valence-corrected chi connectivity index (χ0v) is 35.9. The smallest absolute Gasteiger partial charge is 0.329 e. The van der Waals surface area contributed by atoms with Gasteiger partial charge in [0.05, 0.1) is 48.5 Å². The standard InChI is InChI=1S/C51H52N4O8/c1-52(2)33-34-14-5-10-21-47(34)63-29-13-28-62-38-23-25-42-40-18-7-9-20-44(40)55(46(42)32-38)49(51(58)59)48(50(56)57)54-43-19-8-6-17-39(43)41-24-22-37(31-45(41)54)61-27-12-26-60-36-16-11-15-35(30-36)53(3)4/h5-11,14-25,30-32,48-49H,12-13,26-29,33H2,1-4H3,(H,56,57)(H,58,59). The van der Waals surface area contributed by atoms with Crippen molar-refractivity contribution in [2.45, 2.75) is 31.5 Å². The molecule has 2 unspecified atom stereocenters. The monoisotopic (exact) mass is 848 g/mol. The molecule has 0 bridgehead atoms. The van der Waals surface area contributed by atoms with Crippen LogP contribution in [0.25, 0.3) is 43.6 Å². The Balaban J connectivity index is 1.09. The lowest BCUT2D eigenvalue weighted by atomic mass is 10.1. The Hall–Kier alpha value is -7.18. The summed E-state index contributed by atoms with van der Waals surface area (Å²) in [5, 5.41) is 25.6. The number of carboxylic acids is 2. The molecule has 12 heteroatoms. The lowest BCUT2D eigenvalue weighted by Gasteiger charge is -2.26. The van der Waals surface area contributed by atoms with Crippen molar-refractivity contribution in [3.63, 3.8) is 0 Å². The minimum Gasteiger partial charge on any atom is -0.493 e. The number of carbonyl (C=O) groups is 2. The molecular formula is C51H52N4O8. The average molecular weight is 849 g/mol. The van der Waals surface area contributed by atoms with E-state index in [2.05, 4.69) is 11.0 Å². The highest BCUT2D eigenvalue weighted by Gasteiger charge is 2.40. The van der Waals surface area contributed by atoms with E-state index in [1.165, 1.54) is 0 Å². The van der Waals surface area contributed by atoms with Gasteiger partial charge >= 0.3 is 11.9 Å². The summed E-state index contributed by atoms with van der Waals surface area (Å²) in [6, 6.07) is 38.8. The summed E-state index contributed by atoms with van der Waals surface area (Å²) >= 11 is 0. The third-order valence-electron chi connectivity index (χ3n) is 11.2. The van der Waals surface area contributed by atoms with Gasteiger partial charge in [0.15, 0.2) is 12.1 Å². The second-order valence-electron chi connectivity index (χ2n) is 16.0. The number of benzene rings is 6. The van der Waals surface area contributed by atoms with Gasteiger partial charge in [-0.2, -0.15) is 0 Å². The number of rotatable bonds is 20. The zero-order valence-electron chi connectivity index (χ0n) is 35.9. The molecule has 0 aliphatic carbocycles. The molecule has 2 heterocycles. The summed E-state index contributed by atoms with van der Waals surface area (Å²) in [6.45, 7) is 2.35. The minimum atomic E-state index is -1.58. The SMILES string of the molecule is CN(C)Cc1ccccc1OCCCOc1ccc2c3ccccc3n(C(C(=O)O)C(C(=O)O)n3c4ccccc4c4ccc(OCCCOc5cccc(N(C)C)c5)cc43)c2c1. The fraction of sp³-hybridized carbons (Fsp3) is 0.255. The number of nitrogens with zero attached hydrogens (tertiary/aromatic N) is 4. The van der Waals surface area contributed by atoms with Gasteiger partial charge in [-0.1, -0.05) is 60.7 Å². The number of hydrogen-bond donors (Lipinski definition) is 2. The quantitative estimate of drug-likeness (QED) is 0.0716. The summed E-state index contributed by atoms with van der Waals surface area (Å²) in [5.41, 5.74) is 4.41. The summed E-state index contributed by atoms with van der Waals surface area (Å²) in [7, 11) is 8.00. The van der Waals surface area contributed by atoms with Crippen molar-refractivity contribution in [3.05, 3.63) is 139 Å². The predicted octanol–water partition coefficient (Wildman–Crippen LogP) is 9.68. The van der Waals surface area contributed by atoms with E-state index in [0.717, 1.165) is 50.8 Å². The number of para-hydroxylation sites is 3. The topological polar surface area (TPSA) is 128 Å². The van der Waals surface area contributed by atoms with Crippen LogP contribution in [0.4, 0.5) is 5.69 Å². The number of aromatic nitrogens is 2. The maximum Gasteiger partial charge on any atom is 0.329 e. The molecule has 0 saturated carbocycles. The molecule has 0 amide bonds. The first-order valence-corrected chi connectivity index (χ1v) is 21.1. The van der Waals surface area contributed by atoms with Crippen molar-refractivity contribution in [1.29, 1.82) is 0 Å². The van der Waals surface area contributed by atoms with Crippen LogP contribution in [-0.4, -0.2) is 90.8 Å². The van der Waals surface area contributed by atoms with Crippen molar-refractivity contribution in [3.8, 4) is 23.0 Å². The average Bonchev–Trinajstić information content (AvgIpc) is 3.77. The molecule has 8 rings (SSSR count). The molecule has 6 aromatic carbocycles. The first-order chi connectivity index (χ1) is 30.6. The molecule has 2 atom stereocenters. The van der Waals surface area contributed by atoms with Crippen molar-refractivity contribution < 1.29 is 38.7 Å². The number of anilines is 1. The van der Waals surface area contributed by atoms with Crippen molar-refractivity contribution >= 4 is 61.2 Å². The van der Waals surface area contributed by atoms with Crippen molar-refractivity contribution in [1.82, 2.24) is 14.0 Å². The summed E-state index contributed by atoms with van der Waals surface area (Å²) in [6.07, 6.45) is 1.21. The summed E-state index contributed by atoms with van der Waals surface area (Å²) < 4.78 is 27.8. The van der Waals surface area contributed by atoms with E-state index in [0.29, 0.717) is 72.8 Å². The first kappa shape index (κ1) is 42.5. The van der Waals surface area contributed by atoms with Gasteiger partial charge in [0.2, 0.25) is 0 Å². The molecule has 63 heavy (non-hydrogen) atoms. The van der Waals surface area contributed by atoms with Crippen LogP contribution in [0.5, 0.6) is 23.0 Å². The number of ether oxygens (including phenoxy) is 4. The van der Waals surface area contributed by atoms with Gasteiger partial charge in [0.25, 0.3) is 0 Å². The largest absolute Gasteiger partial charge is 0.493 e. The Morgan fingerprint density at radius 2 is 0.968 bits per heavy atom. The van der Waals surface area contributed by atoms with E-state index in [-0.39, 0.29) is 0 Å². The molecule has 0 fully saturated rings. The van der Waals surface area contributed by atoms with Crippen LogP contribution in [0.2, 0.25) is 0 Å². The molecule has 0 radical (unpaired) electrons. The van der Waals surface area contributed by atoms with Crippen LogP contribution in [0.1, 0.15) is 30.5 Å². The van der Waals surface area contributed by atoms with Crippen LogP contribution in [0.15, 0.2) is 133 Å². The molecule has 2 N–H and O–H groups in total. The number of hydrogen-bond acceptors (Lipinski definition) is 8. The second kappa shape index (κ2) is 18.8. The second-order valence-corrected chi connectivity index (χ2v) is 16.0. The molecule has 0 spiro atoms. The van der Waals surface area contributed by atoms with E-state index >= 15 is 0 Å². The van der Waals surface area contributed by atoms with E-state index in [9.17, 15) is 19.8 Å². The van der Waals surface area contributed by atoms with Gasteiger partial charge in [0, 0.05) is 84.5 Å². The Morgan fingerprint density at radius 1 is 0.508 bits per heavy atom. The maximum atomic E-state index is 13.8. The predicted molar refractivity (Wildman–Crippen MR) is 248 cm³/mol. The normalized spacial score (nSPS) is 12.5. The van der Waals surface area contributed by atoms with E-state index < -0.39 is 24.0 Å². The van der Waals surface area contributed by atoms with Gasteiger partial charge < -0.3 is 48.1 Å². The molecule has 12 nitrogen and oxygen atoms in total. The molecular weight excluding hydrogens is 797 g/mol. The number of fused-ring (bicyclic) bond motifs is 6. The summed E-state index contributed by atoms with van der Waals surface area (Å²) in [4.78, 5) is 31.6. The van der Waals surface area contributed by atoms with Crippen LogP contribution >= 0.6 is 0 Å².